The summed E-state index contributed by atoms with van der Waals surface area (Å²) >= 11 is 0. The minimum absolute atomic E-state index is 0.00585. The van der Waals surface area contributed by atoms with Crippen molar-refractivity contribution >= 4 is 23.8 Å². The number of ether oxygens (including phenoxy) is 2. The highest BCUT2D eigenvalue weighted by atomic mass is 17.2. The molecule has 16 heteroatoms. The normalized spacial score (nSPS) is 21.3. The molecule has 0 aromatic heterocycles. The zero-order valence-corrected chi connectivity index (χ0v) is 22.8. The Balaban J connectivity index is 1.54. The number of ketones is 1. The summed E-state index contributed by atoms with van der Waals surface area (Å²) in [4.78, 5) is 47.5. The standard InChI is InChI=1S/C29H26O16/c30-15-4-1-12(2-5-15)3-6-16(31)11-21-24(38)25(39)26(44-45-28(41)14-9-19(34)23(37)20(35)10-14)29(42-21)43-27(40)13-7-17(32)22(36)18(33)8-13/h1-10,21,24-26,29-30,32-39H,11H2. The van der Waals surface area contributed by atoms with Crippen LogP contribution in [-0.2, 0) is 24.0 Å². The molecule has 9 N–H and O–H groups in total. The molecule has 3 aromatic rings. The SMILES string of the molecule is O=C(C=Cc1ccc(O)cc1)CC1OC(OC(=O)c2cc(O)c(O)c(O)c2)C(OOC(=O)c2cc(O)c(O)c(O)c2)C(O)C1O. The maximum atomic E-state index is 12.9. The number of allylic oxidation sites excluding steroid dienone is 1. The Morgan fingerprint density at radius 2 is 1.24 bits per heavy atom. The van der Waals surface area contributed by atoms with Crippen LogP contribution < -0.4 is 0 Å². The molecule has 1 fully saturated rings. The third kappa shape index (κ3) is 7.51. The zero-order chi connectivity index (χ0) is 33.0. The van der Waals surface area contributed by atoms with Gasteiger partial charge in [0.25, 0.3) is 0 Å². The lowest BCUT2D eigenvalue weighted by molar-refractivity contribution is -0.372. The number of phenolic OH excluding ortho intramolecular Hbond substituents is 7. The molecule has 5 unspecified atom stereocenters. The molecule has 45 heavy (non-hydrogen) atoms. The maximum Gasteiger partial charge on any atom is 0.373 e. The van der Waals surface area contributed by atoms with Gasteiger partial charge in [0.15, 0.2) is 46.4 Å². The molecule has 3 aromatic carbocycles. The van der Waals surface area contributed by atoms with Crippen molar-refractivity contribution < 1.29 is 79.6 Å². The number of aliphatic hydroxyl groups excluding tert-OH is 2. The fraction of sp³-hybridized carbons (Fsp3) is 0.207. The number of esters is 1. The van der Waals surface area contributed by atoms with Crippen LogP contribution >= 0.6 is 0 Å². The average Bonchev–Trinajstić information content (AvgIpc) is 3.00. The summed E-state index contributed by atoms with van der Waals surface area (Å²) < 4.78 is 10.7. The number of carbonyl (C=O) groups is 3. The van der Waals surface area contributed by atoms with Gasteiger partial charge in [-0.25, -0.2) is 9.59 Å². The van der Waals surface area contributed by atoms with E-state index in [9.17, 15) is 60.3 Å². The molecule has 0 bridgehead atoms. The van der Waals surface area contributed by atoms with Crippen LogP contribution in [-0.4, -0.2) is 94.4 Å². The summed E-state index contributed by atoms with van der Waals surface area (Å²) in [6.45, 7) is 0. The highest BCUT2D eigenvalue weighted by Crippen LogP contribution is 2.37. The fourth-order valence-corrected chi connectivity index (χ4v) is 4.08. The number of hydrogen-bond acceptors (Lipinski definition) is 16. The number of rotatable bonds is 9. The third-order valence-corrected chi connectivity index (χ3v) is 6.47. The van der Waals surface area contributed by atoms with E-state index in [2.05, 4.69) is 4.89 Å². The molecule has 16 nitrogen and oxygen atoms in total. The van der Waals surface area contributed by atoms with Crippen molar-refractivity contribution in [1.82, 2.24) is 0 Å². The highest BCUT2D eigenvalue weighted by molar-refractivity contribution is 5.94. The van der Waals surface area contributed by atoms with E-state index in [-0.39, 0.29) is 5.75 Å². The van der Waals surface area contributed by atoms with Crippen LogP contribution in [0.3, 0.4) is 0 Å². The second-order valence-corrected chi connectivity index (χ2v) is 9.68. The Morgan fingerprint density at radius 1 is 0.733 bits per heavy atom. The number of phenols is 7. The summed E-state index contributed by atoms with van der Waals surface area (Å²) in [6, 6.07) is 8.68. The Labute approximate surface area is 252 Å². The van der Waals surface area contributed by atoms with Crippen LogP contribution in [0.15, 0.2) is 54.6 Å². The smallest absolute Gasteiger partial charge is 0.373 e. The van der Waals surface area contributed by atoms with E-state index in [0.29, 0.717) is 17.7 Å². The molecule has 1 aliphatic rings. The Hall–Kier alpha value is -5.55. The molecule has 0 radical (unpaired) electrons. The van der Waals surface area contributed by atoms with Gasteiger partial charge in [-0.15, -0.1) is 0 Å². The monoisotopic (exact) mass is 630 g/mol. The van der Waals surface area contributed by atoms with Crippen molar-refractivity contribution in [2.45, 2.75) is 37.1 Å². The minimum atomic E-state index is -2.05. The first-order chi connectivity index (χ1) is 21.2. The van der Waals surface area contributed by atoms with Gasteiger partial charge in [0.05, 0.1) is 17.2 Å². The van der Waals surface area contributed by atoms with Crippen molar-refractivity contribution in [2.75, 3.05) is 0 Å². The van der Waals surface area contributed by atoms with Gasteiger partial charge in [-0.3, -0.25) is 9.68 Å². The Bertz CT molecular complexity index is 1570. The van der Waals surface area contributed by atoms with E-state index in [0.717, 1.165) is 18.2 Å². The van der Waals surface area contributed by atoms with E-state index in [1.165, 1.54) is 30.3 Å². The summed E-state index contributed by atoms with van der Waals surface area (Å²) in [5.74, 6) is -8.77. The number of benzene rings is 3. The van der Waals surface area contributed by atoms with Crippen molar-refractivity contribution in [2.24, 2.45) is 0 Å². The summed E-state index contributed by atoms with van der Waals surface area (Å²) in [6.07, 6.45) is -7.53. The van der Waals surface area contributed by atoms with Gasteiger partial charge in [-0.2, -0.15) is 4.89 Å². The molecule has 238 valence electrons. The number of carbonyl (C=O) groups excluding carboxylic acids is 3. The fourth-order valence-electron chi connectivity index (χ4n) is 4.08. The molecular formula is C29H26O16. The molecule has 1 aliphatic heterocycles. The first-order valence-corrected chi connectivity index (χ1v) is 12.8. The van der Waals surface area contributed by atoms with Crippen molar-refractivity contribution in [3.05, 3.63) is 71.3 Å². The number of hydrogen-bond donors (Lipinski definition) is 9. The van der Waals surface area contributed by atoms with Crippen molar-refractivity contribution in [1.29, 1.82) is 0 Å². The van der Waals surface area contributed by atoms with Gasteiger partial charge in [-0.1, -0.05) is 18.2 Å². The van der Waals surface area contributed by atoms with Gasteiger partial charge in [0, 0.05) is 6.42 Å². The molecular weight excluding hydrogens is 604 g/mol. The second-order valence-electron chi connectivity index (χ2n) is 9.68. The number of aromatic hydroxyl groups is 7. The van der Waals surface area contributed by atoms with E-state index in [4.69, 9.17) is 14.4 Å². The topological polar surface area (TPSA) is 270 Å². The lowest BCUT2D eigenvalue weighted by Gasteiger charge is -2.40. The van der Waals surface area contributed by atoms with Gasteiger partial charge < -0.3 is 55.4 Å². The zero-order valence-electron chi connectivity index (χ0n) is 22.8. The second kappa shape index (κ2) is 13.4. The molecule has 0 saturated carbocycles. The summed E-state index contributed by atoms with van der Waals surface area (Å²) in [5.41, 5.74) is -0.520. The average molecular weight is 631 g/mol. The largest absolute Gasteiger partial charge is 0.508 e. The van der Waals surface area contributed by atoms with E-state index in [1.807, 2.05) is 0 Å². The molecule has 1 heterocycles. The van der Waals surface area contributed by atoms with Crippen molar-refractivity contribution in [3.63, 3.8) is 0 Å². The van der Waals surface area contributed by atoms with E-state index < -0.39 is 100 Å². The predicted molar refractivity (Wildman–Crippen MR) is 146 cm³/mol. The molecule has 5 atom stereocenters. The van der Waals surface area contributed by atoms with E-state index >= 15 is 0 Å². The minimum Gasteiger partial charge on any atom is -0.508 e. The summed E-state index contributed by atoms with van der Waals surface area (Å²) in [5, 5.41) is 88.7. The molecule has 1 saturated heterocycles. The third-order valence-electron chi connectivity index (χ3n) is 6.47. The van der Waals surface area contributed by atoms with Crippen LogP contribution in [0.4, 0.5) is 0 Å². The Morgan fingerprint density at radius 3 is 1.78 bits per heavy atom. The van der Waals surface area contributed by atoms with Crippen molar-refractivity contribution in [3.8, 4) is 40.2 Å². The Kier molecular flexibility index (Phi) is 9.63. The van der Waals surface area contributed by atoms with Crippen LogP contribution in [0.1, 0.15) is 32.7 Å². The number of aliphatic hydroxyl groups is 2. The van der Waals surface area contributed by atoms with Gasteiger partial charge in [0.2, 0.25) is 6.29 Å². The van der Waals surface area contributed by atoms with E-state index in [1.54, 1.807) is 0 Å². The lowest BCUT2D eigenvalue weighted by atomic mass is 9.95. The predicted octanol–water partition coefficient (Wildman–Crippen LogP) is 1.06. The lowest BCUT2D eigenvalue weighted by Crippen LogP contribution is -2.59. The first kappa shape index (κ1) is 32.4. The van der Waals surface area contributed by atoms with Crippen LogP contribution in [0.25, 0.3) is 6.08 Å². The maximum absolute atomic E-state index is 12.9. The summed E-state index contributed by atoms with van der Waals surface area (Å²) in [7, 11) is 0. The van der Waals surface area contributed by atoms with Gasteiger partial charge in [0.1, 0.15) is 18.0 Å². The van der Waals surface area contributed by atoms with Crippen LogP contribution in [0, 0.1) is 0 Å². The molecule has 0 amide bonds. The molecule has 4 rings (SSSR count). The first-order valence-electron chi connectivity index (χ1n) is 12.8. The van der Waals surface area contributed by atoms with Crippen LogP contribution in [0.5, 0.6) is 40.2 Å². The quantitative estimate of drug-likeness (QED) is 0.0525. The van der Waals surface area contributed by atoms with Crippen LogP contribution in [0.2, 0.25) is 0 Å². The molecule has 0 aliphatic carbocycles. The van der Waals surface area contributed by atoms with Gasteiger partial charge >= 0.3 is 11.9 Å². The highest BCUT2D eigenvalue weighted by Gasteiger charge is 2.49. The van der Waals surface area contributed by atoms with Gasteiger partial charge in [-0.05, 0) is 48.0 Å². The molecule has 0 spiro atoms.